The average Bonchev–Trinajstić information content (AvgIpc) is 2.97. The molecule has 0 N–H and O–H groups in total. The van der Waals surface area contributed by atoms with Crippen molar-refractivity contribution in [3.05, 3.63) is 67.0 Å². The molecule has 8 nitrogen and oxygen atoms in total. The first-order chi connectivity index (χ1) is 14.3. The second-order valence-electron chi connectivity index (χ2n) is 6.12. The van der Waals surface area contributed by atoms with Crippen molar-refractivity contribution >= 4 is 50.6 Å². The molecule has 1 heterocycles. The molecule has 10 heteroatoms. The lowest BCUT2D eigenvalue weighted by atomic mass is 10.1. The quantitative estimate of drug-likeness (QED) is 0.304. The molecule has 2 aromatic carbocycles. The molecule has 0 aromatic heterocycles. The zero-order chi connectivity index (χ0) is 21.8. The van der Waals surface area contributed by atoms with E-state index in [9.17, 15) is 19.7 Å². The minimum Gasteiger partial charge on any atom is -0.493 e. The van der Waals surface area contributed by atoms with E-state index in [2.05, 4.69) is 15.9 Å². The molecule has 0 bridgehead atoms. The smallest absolute Gasteiger partial charge is 0.293 e. The predicted octanol–water partition coefficient (Wildman–Crippen LogP) is 5.00. The number of amides is 2. The highest BCUT2D eigenvalue weighted by Gasteiger charge is 2.36. The lowest BCUT2D eigenvalue weighted by Gasteiger charge is -2.13. The summed E-state index contributed by atoms with van der Waals surface area (Å²) in [7, 11) is 1.51. The van der Waals surface area contributed by atoms with Gasteiger partial charge in [-0.15, -0.1) is 0 Å². The number of nitro groups is 1. The third-order valence-corrected chi connectivity index (χ3v) is 5.73. The largest absolute Gasteiger partial charge is 0.493 e. The summed E-state index contributed by atoms with van der Waals surface area (Å²) in [5.74, 6) is 0.519. The standard InChI is InChI=1S/C20H17BrN2O6S/c1-3-29-18-14(21)8-12(9-16(18)28-2)10-17-19(24)22(20(25)30-17)11-13-6-4-5-7-15(13)23(26)27/h4-10H,3,11H2,1-2H3/b17-10+. The van der Waals surface area contributed by atoms with Crippen LogP contribution in [0.25, 0.3) is 6.08 Å². The van der Waals surface area contributed by atoms with E-state index in [0.717, 1.165) is 16.7 Å². The van der Waals surface area contributed by atoms with Gasteiger partial charge in [0, 0.05) is 11.6 Å². The van der Waals surface area contributed by atoms with Gasteiger partial charge in [-0.1, -0.05) is 18.2 Å². The molecule has 2 aromatic rings. The highest BCUT2D eigenvalue weighted by molar-refractivity contribution is 9.10. The first-order valence-electron chi connectivity index (χ1n) is 8.83. The summed E-state index contributed by atoms with van der Waals surface area (Å²) < 4.78 is 11.6. The molecule has 3 rings (SSSR count). The van der Waals surface area contributed by atoms with E-state index in [4.69, 9.17) is 9.47 Å². The molecule has 0 aliphatic carbocycles. The fraction of sp³-hybridized carbons (Fsp3) is 0.200. The second kappa shape index (κ2) is 9.31. The van der Waals surface area contributed by atoms with E-state index in [0.29, 0.717) is 28.1 Å². The SMILES string of the molecule is CCOc1c(Br)cc(/C=C2/SC(=O)N(Cc3ccccc3[N+](=O)[O-])C2=O)cc1OC. The first kappa shape index (κ1) is 21.8. The van der Waals surface area contributed by atoms with Crippen LogP contribution in [0.3, 0.4) is 0 Å². The monoisotopic (exact) mass is 492 g/mol. The fourth-order valence-electron chi connectivity index (χ4n) is 2.89. The first-order valence-corrected chi connectivity index (χ1v) is 10.4. The summed E-state index contributed by atoms with van der Waals surface area (Å²) >= 11 is 4.21. The van der Waals surface area contributed by atoms with Crippen LogP contribution in [0.15, 0.2) is 45.8 Å². The summed E-state index contributed by atoms with van der Waals surface area (Å²) in [6.07, 6.45) is 1.58. The Morgan fingerprint density at radius 2 is 2.00 bits per heavy atom. The molecule has 0 unspecified atom stereocenters. The van der Waals surface area contributed by atoms with Gasteiger partial charge in [-0.25, -0.2) is 0 Å². The Morgan fingerprint density at radius 1 is 1.27 bits per heavy atom. The number of imide groups is 1. The zero-order valence-corrected chi connectivity index (χ0v) is 18.5. The Labute approximate surface area is 185 Å². The van der Waals surface area contributed by atoms with Crippen LogP contribution < -0.4 is 9.47 Å². The molecule has 0 radical (unpaired) electrons. The van der Waals surface area contributed by atoms with E-state index in [-0.39, 0.29) is 22.7 Å². The maximum absolute atomic E-state index is 12.8. The third kappa shape index (κ3) is 4.49. The maximum Gasteiger partial charge on any atom is 0.293 e. The molecule has 1 aliphatic heterocycles. The van der Waals surface area contributed by atoms with Gasteiger partial charge >= 0.3 is 0 Å². The molecule has 0 atom stereocenters. The summed E-state index contributed by atoms with van der Waals surface area (Å²) in [4.78, 5) is 37.1. The Morgan fingerprint density at radius 3 is 2.67 bits per heavy atom. The van der Waals surface area contributed by atoms with Crippen LogP contribution in [0.4, 0.5) is 10.5 Å². The zero-order valence-electron chi connectivity index (χ0n) is 16.1. The van der Waals surface area contributed by atoms with Crippen LogP contribution in [0.5, 0.6) is 11.5 Å². The van der Waals surface area contributed by atoms with Crippen molar-refractivity contribution < 1.29 is 24.0 Å². The molecule has 0 saturated carbocycles. The average molecular weight is 493 g/mol. The summed E-state index contributed by atoms with van der Waals surface area (Å²) in [5.41, 5.74) is 0.788. The number of carbonyl (C=O) groups excluding carboxylic acids is 2. The highest BCUT2D eigenvalue weighted by Crippen LogP contribution is 2.39. The molecule has 1 aliphatic rings. The van der Waals surface area contributed by atoms with Crippen LogP contribution in [0.2, 0.25) is 0 Å². The summed E-state index contributed by atoms with van der Waals surface area (Å²) in [5, 5.41) is 10.7. The molecular weight excluding hydrogens is 476 g/mol. The maximum atomic E-state index is 12.8. The summed E-state index contributed by atoms with van der Waals surface area (Å²) in [6, 6.07) is 9.48. The van der Waals surface area contributed by atoms with Gasteiger partial charge < -0.3 is 9.47 Å². The number of nitrogens with zero attached hydrogens (tertiary/aromatic N) is 2. The van der Waals surface area contributed by atoms with E-state index in [1.165, 1.54) is 25.3 Å². The number of rotatable bonds is 7. The van der Waals surface area contributed by atoms with E-state index < -0.39 is 16.1 Å². The van der Waals surface area contributed by atoms with Gasteiger partial charge in [0.15, 0.2) is 11.5 Å². The molecule has 1 saturated heterocycles. The number of nitro benzene ring substituents is 1. The Hall–Kier alpha value is -2.85. The molecule has 0 spiro atoms. The van der Waals surface area contributed by atoms with E-state index in [1.807, 2.05) is 6.92 Å². The lowest BCUT2D eigenvalue weighted by molar-refractivity contribution is -0.385. The number of hydrogen-bond acceptors (Lipinski definition) is 7. The van der Waals surface area contributed by atoms with Crippen molar-refractivity contribution in [2.75, 3.05) is 13.7 Å². The van der Waals surface area contributed by atoms with Gasteiger partial charge in [0.05, 0.1) is 34.6 Å². The van der Waals surface area contributed by atoms with Crippen LogP contribution >= 0.6 is 27.7 Å². The normalized spacial score (nSPS) is 15.0. The van der Waals surface area contributed by atoms with Crippen molar-refractivity contribution in [1.29, 1.82) is 0 Å². The van der Waals surface area contributed by atoms with Gasteiger partial charge in [0.2, 0.25) is 0 Å². The van der Waals surface area contributed by atoms with Gasteiger partial charge in [0.25, 0.3) is 16.8 Å². The van der Waals surface area contributed by atoms with Crippen LogP contribution in [-0.2, 0) is 11.3 Å². The van der Waals surface area contributed by atoms with Gasteiger partial charge in [-0.3, -0.25) is 24.6 Å². The summed E-state index contributed by atoms with van der Waals surface area (Å²) in [6.45, 7) is 2.14. The van der Waals surface area contributed by atoms with Crippen molar-refractivity contribution in [2.45, 2.75) is 13.5 Å². The fourth-order valence-corrected chi connectivity index (χ4v) is 4.30. The van der Waals surface area contributed by atoms with Crippen molar-refractivity contribution in [3.63, 3.8) is 0 Å². The Balaban J connectivity index is 1.89. The van der Waals surface area contributed by atoms with Crippen molar-refractivity contribution in [2.24, 2.45) is 0 Å². The van der Waals surface area contributed by atoms with Crippen LogP contribution in [-0.4, -0.2) is 34.7 Å². The number of halogens is 1. The van der Waals surface area contributed by atoms with Gasteiger partial charge in [0.1, 0.15) is 0 Å². The molecular formula is C20H17BrN2O6S. The minimum atomic E-state index is -0.534. The Bertz CT molecular complexity index is 1060. The number of hydrogen-bond donors (Lipinski definition) is 0. The molecule has 1 fully saturated rings. The second-order valence-corrected chi connectivity index (χ2v) is 7.97. The number of carbonyl (C=O) groups is 2. The van der Waals surface area contributed by atoms with Crippen LogP contribution in [0.1, 0.15) is 18.1 Å². The van der Waals surface area contributed by atoms with Gasteiger partial charge in [-0.05, 0) is 58.4 Å². The van der Waals surface area contributed by atoms with E-state index in [1.54, 1.807) is 24.3 Å². The van der Waals surface area contributed by atoms with Crippen molar-refractivity contribution in [3.8, 4) is 11.5 Å². The number of thioether (sulfide) groups is 1. The molecule has 156 valence electrons. The van der Waals surface area contributed by atoms with Gasteiger partial charge in [-0.2, -0.15) is 0 Å². The topological polar surface area (TPSA) is 99.0 Å². The lowest BCUT2D eigenvalue weighted by Crippen LogP contribution is -2.27. The highest BCUT2D eigenvalue weighted by atomic mass is 79.9. The number of methoxy groups -OCH3 is 1. The Kier molecular flexibility index (Phi) is 6.78. The van der Waals surface area contributed by atoms with E-state index >= 15 is 0 Å². The predicted molar refractivity (Wildman–Crippen MR) is 116 cm³/mol. The molecule has 2 amide bonds. The minimum absolute atomic E-state index is 0.138. The number of ether oxygens (including phenoxy) is 2. The number of benzene rings is 2. The number of para-hydroxylation sites is 1. The van der Waals surface area contributed by atoms with Crippen LogP contribution in [0, 0.1) is 10.1 Å². The molecule has 30 heavy (non-hydrogen) atoms. The third-order valence-electron chi connectivity index (χ3n) is 4.23. The van der Waals surface area contributed by atoms with Crippen molar-refractivity contribution in [1.82, 2.24) is 4.90 Å².